The molecule has 0 bridgehead atoms. The van der Waals surface area contributed by atoms with Crippen molar-refractivity contribution in [2.24, 2.45) is 0 Å². The second-order valence-electron chi connectivity index (χ2n) is 4.44. The molecule has 1 N–H and O–H groups in total. The van der Waals surface area contributed by atoms with Crippen LogP contribution in [0.1, 0.15) is 17.8 Å². The molecule has 0 fully saturated rings. The molecule has 4 heteroatoms. The molecule has 0 spiro atoms. The number of aliphatic carboxylic acids is 1. The number of benzene rings is 1. The van der Waals surface area contributed by atoms with Gasteiger partial charge in [-0.2, -0.15) is 0 Å². The topological polar surface area (TPSA) is 51.5 Å². The highest BCUT2D eigenvalue weighted by molar-refractivity contribution is 5.66. The molecule has 0 aliphatic heterocycles. The number of carbonyl (C=O) groups is 1. The third-order valence-corrected chi connectivity index (χ3v) is 2.93. The monoisotopic (exact) mass is 259 g/mol. The Hall–Kier alpha value is -2.23. The lowest BCUT2D eigenvalue weighted by Crippen LogP contribution is -2.05. The van der Waals surface area contributed by atoms with Crippen LogP contribution in [-0.2, 0) is 4.79 Å². The summed E-state index contributed by atoms with van der Waals surface area (Å²) in [6, 6.07) is 11.8. The highest BCUT2D eigenvalue weighted by Gasteiger charge is 2.05. The number of hydrogen-bond acceptors (Lipinski definition) is 2. The first-order chi connectivity index (χ1) is 9.08. The summed E-state index contributed by atoms with van der Waals surface area (Å²) in [5.74, 6) is -0.167. The van der Waals surface area contributed by atoms with Crippen LogP contribution in [0.25, 0.3) is 5.69 Å². The maximum absolute atomic E-state index is 10.4. The fourth-order valence-corrected chi connectivity index (χ4v) is 2.04. The van der Waals surface area contributed by atoms with Gasteiger partial charge in [-0.25, -0.2) is 0 Å². The van der Waals surface area contributed by atoms with Crippen molar-refractivity contribution in [2.45, 2.75) is 20.3 Å². The molecule has 0 aliphatic rings. The first-order valence-electron chi connectivity index (χ1n) is 6.18. The maximum atomic E-state index is 10.4. The average Bonchev–Trinajstić information content (AvgIpc) is 2.69. The molecule has 2 rings (SSSR count). The minimum Gasteiger partial charge on any atom is -0.493 e. The van der Waals surface area contributed by atoms with Gasteiger partial charge in [-0.15, -0.1) is 0 Å². The summed E-state index contributed by atoms with van der Waals surface area (Å²) in [6.07, 6.45) is 0.00576. The van der Waals surface area contributed by atoms with Gasteiger partial charge in [0.2, 0.25) is 0 Å². The number of ether oxygens (including phenoxy) is 1. The normalized spacial score (nSPS) is 10.4. The predicted molar refractivity (Wildman–Crippen MR) is 73.0 cm³/mol. The maximum Gasteiger partial charge on any atom is 0.306 e. The number of rotatable bonds is 5. The fraction of sp³-hybridized carbons (Fsp3) is 0.267. The van der Waals surface area contributed by atoms with Crippen LogP contribution in [0.3, 0.4) is 0 Å². The zero-order valence-electron chi connectivity index (χ0n) is 11.1. The van der Waals surface area contributed by atoms with Crippen molar-refractivity contribution in [3.63, 3.8) is 0 Å². The average molecular weight is 259 g/mol. The Kier molecular flexibility index (Phi) is 3.90. The number of aryl methyl sites for hydroxylation is 2. The van der Waals surface area contributed by atoms with E-state index in [9.17, 15) is 4.79 Å². The van der Waals surface area contributed by atoms with Crippen molar-refractivity contribution in [1.82, 2.24) is 4.57 Å². The van der Waals surface area contributed by atoms with E-state index in [4.69, 9.17) is 9.84 Å². The molecule has 1 aromatic heterocycles. The van der Waals surface area contributed by atoms with E-state index >= 15 is 0 Å². The van der Waals surface area contributed by atoms with E-state index in [0.717, 1.165) is 17.1 Å². The van der Waals surface area contributed by atoms with Gasteiger partial charge in [0.1, 0.15) is 5.75 Å². The number of carboxylic acids is 1. The molecule has 19 heavy (non-hydrogen) atoms. The largest absolute Gasteiger partial charge is 0.493 e. The Balaban J connectivity index is 2.18. The van der Waals surface area contributed by atoms with Crippen LogP contribution in [0.4, 0.5) is 0 Å². The van der Waals surface area contributed by atoms with Crippen molar-refractivity contribution in [1.29, 1.82) is 0 Å². The van der Waals surface area contributed by atoms with E-state index in [2.05, 4.69) is 16.7 Å². The van der Waals surface area contributed by atoms with Gasteiger partial charge in [0.05, 0.1) is 13.0 Å². The first kappa shape index (κ1) is 13.2. The van der Waals surface area contributed by atoms with Crippen molar-refractivity contribution >= 4 is 5.97 Å². The smallest absolute Gasteiger partial charge is 0.306 e. The molecule has 4 nitrogen and oxygen atoms in total. The van der Waals surface area contributed by atoms with Gasteiger partial charge in [-0.3, -0.25) is 4.79 Å². The third-order valence-electron chi connectivity index (χ3n) is 2.93. The number of carboxylic acid groups (broad SMARTS) is 1. The Morgan fingerprint density at radius 2 is 1.89 bits per heavy atom. The van der Waals surface area contributed by atoms with E-state index in [1.807, 2.05) is 38.1 Å². The molecule has 0 aliphatic carbocycles. The van der Waals surface area contributed by atoms with E-state index in [1.165, 1.54) is 0 Å². The summed E-state index contributed by atoms with van der Waals surface area (Å²) in [6.45, 7) is 4.28. The summed E-state index contributed by atoms with van der Waals surface area (Å²) in [5, 5.41) is 8.58. The van der Waals surface area contributed by atoms with Crippen LogP contribution in [0.5, 0.6) is 5.75 Å². The molecular weight excluding hydrogens is 242 g/mol. The molecule has 1 heterocycles. The van der Waals surface area contributed by atoms with Crippen LogP contribution in [0.15, 0.2) is 36.4 Å². The summed E-state index contributed by atoms with van der Waals surface area (Å²) in [4.78, 5) is 10.4. The lowest BCUT2D eigenvalue weighted by molar-refractivity contribution is -0.137. The lowest BCUT2D eigenvalue weighted by Gasteiger charge is -2.11. The van der Waals surface area contributed by atoms with Crippen LogP contribution >= 0.6 is 0 Å². The quantitative estimate of drug-likeness (QED) is 0.898. The van der Waals surface area contributed by atoms with Crippen LogP contribution in [0, 0.1) is 13.8 Å². The Morgan fingerprint density at radius 1 is 1.21 bits per heavy atom. The molecule has 0 saturated carbocycles. The van der Waals surface area contributed by atoms with Gasteiger partial charge in [0, 0.05) is 23.1 Å². The molecule has 1 aromatic carbocycles. The van der Waals surface area contributed by atoms with Gasteiger partial charge in [0.25, 0.3) is 0 Å². The molecule has 0 unspecified atom stereocenters. The summed E-state index contributed by atoms with van der Waals surface area (Å²) in [7, 11) is 0. The van der Waals surface area contributed by atoms with Crippen molar-refractivity contribution in [2.75, 3.05) is 6.61 Å². The second kappa shape index (κ2) is 5.61. The van der Waals surface area contributed by atoms with Gasteiger partial charge >= 0.3 is 5.97 Å². The zero-order valence-corrected chi connectivity index (χ0v) is 11.1. The molecule has 0 amide bonds. The van der Waals surface area contributed by atoms with Crippen LogP contribution in [-0.4, -0.2) is 22.2 Å². The van der Waals surface area contributed by atoms with Crippen LogP contribution < -0.4 is 4.74 Å². The van der Waals surface area contributed by atoms with Gasteiger partial charge in [-0.1, -0.05) is 6.07 Å². The second-order valence-corrected chi connectivity index (χ2v) is 4.44. The van der Waals surface area contributed by atoms with Crippen molar-refractivity contribution < 1.29 is 14.6 Å². The lowest BCUT2D eigenvalue weighted by atomic mass is 10.3. The Labute approximate surface area is 112 Å². The van der Waals surface area contributed by atoms with Crippen molar-refractivity contribution in [3.05, 3.63) is 47.8 Å². The SMILES string of the molecule is Cc1ccc(C)n1-c1cccc(OCCC(=O)O)c1. The highest BCUT2D eigenvalue weighted by atomic mass is 16.5. The molecule has 0 atom stereocenters. The number of nitrogens with zero attached hydrogens (tertiary/aromatic N) is 1. The minimum atomic E-state index is -0.853. The van der Waals surface area contributed by atoms with Gasteiger partial charge in [0.15, 0.2) is 0 Å². The molecule has 2 aromatic rings. The van der Waals surface area contributed by atoms with E-state index in [-0.39, 0.29) is 13.0 Å². The standard InChI is InChI=1S/C15H17NO3/c1-11-6-7-12(2)16(11)13-4-3-5-14(10-13)19-9-8-15(17)18/h3-7,10H,8-9H2,1-2H3,(H,17,18). The molecular formula is C15H17NO3. The Bertz CT molecular complexity index is 567. The number of hydrogen-bond donors (Lipinski definition) is 1. The summed E-state index contributed by atoms with van der Waals surface area (Å²) in [5.41, 5.74) is 3.33. The highest BCUT2D eigenvalue weighted by Crippen LogP contribution is 2.21. The van der Waals surface area contributed by atoms with E-state index in [0.29, 0.717) is 5.75 Å². The Morgan fingerprint density at radius 3 is 2.53 bits per heavy atom. The number of aromatic nitrogens is 1. The zero-order chi connectivity index (χ0) is 13.8. The van der Waals surface area contributed by atoms with E-state index in [1.54, 1.807) is 0 Å². The third kappa shape index (κ3) is 3.16. The minimum absolute atomic E-state index is 0.00576. The van der Waals surface area contributed by atoms with E-state index < -0.39 is 5.97 Å². The van der Waals surface area contributed by atoms with Gasteiger partial charge < -0.3 is 14.4 Å². The fourth-order valence-electron chi connectivity index (χ4n) is 2.04. The summed E-state index contributed by atoms with van der Waals surface area (Å²) < 4.78 is 7.57. The molecule has 0 saturated heterocycles. The molecule has 100 valence electrons. The molecule has 0 radical (unpaired) electrons. The predicted octanol–water partition coefficient (Wildman–Crippen LogP) is 2.95. The first-order valence-corrected chi connectivity index (χ1v) is 6.18. The van der Waals surface area contributed by atoms with Gasteiger partial charge in [-0.05, 0) is 38.1 Å². The van der Waals surface area contributed by atoms with Crippen molar-refractivity contribution in [3.8, 4) is 11.4 Å². The van der Waals surface area contributed by atoms with Crippen LogP contribution in [0.2, 0.25) is 0 Å². The summed E-state index contributed by atoms with van der Waals surface area (Å²) >= 11 is 0.